The van der Waals surface area contributed by atoms with Crippen LogP contribution in [0.15, 0.2) is 17.3 Å². The minimum atomic E-state index is 0.785. The van der Waals surface area contributed by atoms with Gasteiger partial charge in [0.05, 0.1) is 0 Å². The van der Waals surface area contributed by atoms with Crippen LogP contribution in [0.3, 0.4) is 0 Å². The lowest BCUT2D eigenvalue weighted by molar-refractivity contribution is 0.692. The zero-order valence-electron chi connectivity index (χ0n) is 4.68. The number of hydrogen-bond acceptors (Lipinski definition) is 3. The fraction of sp³-hybridized carbons (Fsp3) is 0.200. The van der Waals surface area contributed by atoms with Crippen LogP contribution in [0.5, 0.6) is 0 Å². The lowest BCUT2D eigenvalue weighted by Crippen LogP contribution is -2.27. The molecule has 0 saturated carbocycles. The molecule has 3 nitrogen and oxygen atoms in total. The zero-order valence-corrected chi connectivity index (χ0v) is 4.68. The molecule has 43 valence electrons. The summed E-state index contributed by atoms with van der Waals surface area (Å²) in [6, 6.07) is 0. The zero-order chi connectivity index (χ0) is 5.82. The van der Waals surface area contributed by atoms with E-state index in [0.29, 0.717) is 0 Å². The molecular weight excluding hydrogens is 102 g/mol. The van der Waals surface area contributed by atoms with Gasteiger partial charge in [-0.3, -0.25) is 5.32 Å². The third kappa shape index (κ3) is 1.07. The molecule has 2 N–H and O–H groups in total. The number of allylic oxidation sites excluding steroid dienone is 1. The van der Waals surface area contributed by atoms with Gasteiger partial charge in [0.15, 0.2) is 0 Å². The van der Waals surface area contributed by atoms with Gasteiger partial charge in [-0.05, 0) is 13.1 Å². The van der Waals surface area contributed by atoms with Gasteiger partial charge in [-0.1, -0.05) is 0 Å². The standard InChI is InChI=1S/C5H8N3/c1-6-5-7-3-2-4-8-5/h2-4,6-7H,1H3. The Hall–Kier alpha value is -0.830. The van der Waals surface area contributed by atoms with Gasteiger partial charge in [-0.25, -0.2) is 4.99 Å². The number of rotatable bonds is 1. The third-order valence-corrected chi connectivity index (χ3v) is 0.843. The third-order valence-electron chi connectivity index (χ3n) is 0.843. The van der Waals surface area contributed by atoms with Crippen molar-refractivity contribution in [2.45, 2.75) is 0 Å². The van der Waals surface area contributed by atoms with Crippen LogP contribution in [0.25, 0.3) is 0 Å². The van der Waals surface area contributed by atoms with Crippen LogP contribution < -0.4 is 10.6 Å². The Bertz CT molecular complexity index is 117. The van der Waals surface area contributed by atoms with Gasteiger partial charge < -0.3 is 5.32 Å². The molecule has 0 bridgehead atoms. The molecule has 1 rings (SSSR count). The van der Waals surface area contributed by atoms with Crippen molar-refractivity contribution in [3.63, 3.8) is 0 Å². The highest BCUT2D eigenvalue weighted by Gasteiger charge is 1.99. The van der Waals surface area contributed by atoms with E-state index in [2.05, 4.69) is 15.6 Å². The average molecular weight is 110 g/mol. The molecule has 0 aromatic rings. The molecule has 3 heteroatoms. The van der Waals surface area contributed by atoms with Crippen LogP contribution >= 0.6 is 0 Å². The molecule has 0 aliphatic carbocycles. The maximum absolute atomic E-state index is 3.93. The van der Waals surface area contributed by atoms with Crippen LogP contribution in [0.1, 0.15) is 0 Å². The van der Waals surface area contributed by atoms with E-state index in [-0.39, 0.29) is 0 Å². The normalized spacial score (nSPS) is 18.6. The van der Waals surface area contributed by atoms with Gasteiger partial charge in [0.2, 0.25) is 6.29 Å². The van der Waals surface area contributed by atoms with E-state index < -0.39 is 0 Å². The van der Waals surface area contributed by atoms with Crippen molar-refractivity contribution < 1.29 is 0 Å². The maximum Gasteiger partial charge on any atom is 0.243 e. The molecule has 0 unspecified atom stereocenters. The summed E-state index contributed by atoms with van der Waals surface area (Å²) in [6.45, 7) is 0. The van der Waals surface area contributed by atoms with Gasteiger partial charge in [-0.2, -0.15) is 0 Å². The molecule has 0 saturated heterocycles. The second-order valence-corrected chi connectivity index (χ2v) is 1.38. The van der Waals surface area contributed by atoms with Gasteiger partial charge in [-0.15, -0.1) is 0 Å². The summed E-state index contributed by atoms with van der Waals surface area (Å²) >= 11 is 0. The van der Waals surface area contributed by atoms with Gasteiger partial charge in [0.25, 0.3) is 0 Å². The van der Waals surface area contributed by atoms with E-state index in [9.17, 15) is 0 Å². The van der Waals surface area contributed by atoms with Crippen LogP contribution in [0.4, 0.5) is 0 Å². The second kappa shape index (κ2) is 2.47. The monoisotopic (exact) mass is 110 g/mol. The van der Waals surface area contributed by atoms with Crippen molar-refractivity contribution in [1.29, 1.82) is 0 Å². The van der Waals surface area contributed by atoms with E-state index in [4.69, 9.17) is 0 Å². The molecule has 0 aromatic carbocycles. The molecule has 0 aromatic heterocycles. The van der Waals surface area contributed by atoms with Crippen LogP contribution in [0, 0.1) is 6.29 Å². The second-order valence-electron chi connectivity index (χ2n) is 1.38. The van der Waals surface area contributed by atoms with Gasteiger partial charge in [0, 0.05) is 12.4 Å². The molecular formula is C5H8N3. The highest BCUT2D eigenvalue weighted by atomic mass is 15.2. The van der Waals surface area contributed by atoms with Crippen molar-refractivity contribution in [3.05, 3.63) is 18.6 Å². The van der Waals surface area contributed by atoms with Crippen molar-refractivity contribution in [2.24, 2.45) is 4.99 Å². The van der Waals surface area contributed by atoms with E-state index in [1.807, 2.05) is 19.3 Å². The molecule has 0 fully saturated rings. The van der Waals surface area contributed by atoms with E-state index in [1.165, 1.54) is 0 Å². The number of nitrogens with zero attached hydrogens (tertiary/aromatic N) is 1. The molecule has 8 heavy (non-hydrogen) atoms. The number of nitrogens with one attached hydrogen (secondary N) is 2. The van der Waals surface area contributed by atoms with Crippen molar-refractivity contribution in [2.75, 3.05) is 7.05 Å². The Morgan fingerprint density at radius 1 is 1.75 bits per heavy atom. The minimum Gasteiger partial charge on any atom is -0.350 e. The summed E-state index contributed by atoms with van der Waals surface area (Å²) in [5, 5.41) is 5.76. The highest BCUT2D eigenvalue weighted by molar-refractivity contribution is 5.72. The van der Waals surface area contributed by atoms with Crippen LogP contribution in [-0.2, 0) is 0 Å². The Morgan fingerprint density at radius 2 is 2.62 bits per heavy atom. The first-order chi connectivity index (χ1) is 3.93. The topological polar surface area (TPSA) is 36.4 Å². The van der Waals surface area contributed by atoms with Crippen molar-refractivity contribution in [3.8, 4) is 0 Å². The predicted octanol–water partition coefficient (Wildman–Crippen LogP) is -0.160. The largest absolute Gasteiger partial charge is 0.350 e. The average Bonchev–Trinajstić information content (AvgIpc) is 1.90. The Kier molecular flexibility index (Phi) is 1.64. The smallest absolute Gasteiger partial charge is 0.243 e. The summed E-state index contributed by atoms with van der Waals surface area (Å²) in [4.78, 5) is 3.93. The van der Waals surface area contributed by atoms with Gasteiger partial charge in [0.1, 0.15) is 0 Å². The van der Waals surface area contributed by atoms with Crippen molar-refractivity contribution in [1.82, 2.24) is 10.6 Å². The maximum atomic E-state index is 3.93. The van der Waals surface area contributed by atoms with E-state index in [0.717, 1.165) is 6.29 Å². The molecule has 0 amide bonds. The molecule has 0 spiro atoms. The fourth-order valence-electron chi connectivity index (χ4n) is 0.462. The molecule has 1 aliphatic rings. The molecule has 1 heterocycles. The van der Waals surface area contributed by atoms with Crippen LogP contribution in [-0.4, -0.2) is 13.3 Å². The first kappa shape index (κ1) is 5.31. The Labute approximate surface area is 48.5 Å². The SMILES string of the molecule is CN[C]1N=CC=CN1. The first-order valence-electron chi connectivity index (χ1n) is 2.44. The number of hydrogen-bond donors (Lipinski definition) is 2. The van der Waals surface area contributed by atoms with Crippen molar-refractivity contribution >= 4 is 6.21 Å². The quantitative estimate of drug-likeness (QED) is 0.492. The summed E-state index contributed by atoms with van der Waals surface area (Å²) in [6.07, 6.45) is 6.16. The first-order valence-corrected chi connectivity index (χ1v) is 2.44. The summed E-state index contributed by atoms with van der Waals surface area (Å²) in [5.41, 5.74) is 0. The molecule has 1 aliphatic heterocycles. The number of aliphatic imine (C=N–C) groups is 1. The predicted molar refractivity (Wildman–Crippen MR) is 33.1 cm³/mol. The summed E-state index contributed by atoms with van der Waals surface area (Å²) in [5.74, 6) is 0. The fourth-order valence-corrected chi connectivity index (χ4v) is 0.462. The lowest BCUT2D eigenvalue weighted by atomic mass is 10.6. The van der Waals surface area contributed by atoms with E-state index in [1.54, 1.807) is 6.21 Å². The Morgan fingerprint density at radius 3 is 3.00 bits per heavy atom. The molecule has 0 atom stereocenters. The highest BCUT2D eigenvalue weighted by Crippen LogP contribution is 1.91. The Balaban J connectivity index is 2.40. The minimum absolute atomic E-state index is 0.785. The summed E-state index contributed by atoms with van der Waals surface area (Å²) in [7, 11) is 1.82. The molecule has 1 radical (unpaired) electrons. The van der Waals surface area contributed by atoms with Crippen LogP contribution in [0.2, 0.25) is 0 Å². The van der Waals surface area contributed by atoms with E-state index >= 15 is 0 Å². The lowest BCUT2D eigenvalue weighted by Gasteiger charge is -2.09. The summed E-state index contributed by atoms with van der Waals surface area (Å²) < 4.78 is 0. The van der Waals surface area contributed by atoms with Gasteiger partial charge >= 0.3 is 0 Å².